The lowest BCUT2D eigenvalue weighted by atomic mass is 9.64. The third-order valence-corrected chi connectivity index (χ3v) is 4.52. The highest BCUT2D eigenvalue weighted by atomic mass is 19.1. The molecule has 1 aromatic rings. The Balaban J connectivity index is 2.18. The molecule has 1 aromatic carbocycles. The summed E-state index contributed by atoms with van der Waals surface area (Å²) in [5.74, 6) is -1.03. The van der Waals surface area contributed by atoms with Crippen molar-refractivity contribution in [3.8, 4) is 0 Å². The molecule has 0 aliphatic heterocycles. The van der Waals surface area contributed by atoms with E-state index in [1.165, 1.54) is 12.1 Å². The van der Waals surface area contributed by atoms with Crippen LogP contribution in [-0.4, -0.2) is 10.7 Å². The highest BCUT2D eigenvalue weighted by Crippen LogP contribution is 2.45. The normalized spacial score (nSPS) is 30.3. The van der Waals surface area contributed by atoms with E-state index in [-0.39, 0.29) is 17.8 Å². The first-order chi connectivity index (χ1) is 8.72. The van der Waals surface area contributed by atoms with Crippen molar-refractivity contribution < 1.29 is 13.9 Å². The summed E-state index contributed by atoms with van der Waals surface area (Å²) in [6, 6.07) is 3.57. The Hall–Kier alpha value is -0.960. The van der Waals surface area contributed by atoms with E-state index in [9.17, 15) is 13.9 Å². The second kappa shape index (κ2) is 4.86. The molecule has 3 heteroatoms. The Morgan fingerprint density at radius 1 is 1.26 bits per heavy atom. The highest BCUT2D eigenvalue weighted by molar-refractivity contribution is 5.21. The van der Waals surface area contributed by atoms with Gasteiger partial charge in [0, 0.05) is 12.5 Å². The van der Waals surface area contributed by atoms with Gasteiger partial charge in [-0.1, -0.05) is 26.8 Å². The van der Waals surface area contributed by atoms with Crippen molar-refractivity contribution in [2.45, 2.75) is 52.1 Å². The van der Waals surface area contributed by atoms with Crippen LogP contribution >= 0.6 is 0 Å². The molecular formula is C16H22F2O. The Morgan fingerprint density at radius 3 is 2.53 bits per heavy atom. The Morgan fingerprint density at radius 2 is 1.95 bits per heavy atom. The van der Waals surface area contributed by atoms with Gasteiger partial charge in [0.25, 0.3) is 0 Å². The number of aliphatic hydroxyl groups is 1. The number of hydrogen-bond acceptors (Lipinski definition) is 1. The molecule has 1 fully saturated rings. The molecule has 2 rings (SSSR count). The van der Waals surface area contributed by atoms with Crippen LogP contribution in [0.15, 0.2) is 18.2 Å². The van der Waals surface area contributed by atoms with Crippen LogP contribution < -0.4 is 0 Å². The molecule has 0 aromatic heterocycles. The maximum atomic E-state index is 13.7. The summed E-state index contributed by atoms with van der Waals surface area (Å²) < 4.78 is 26.6. The van der Waals surface area contributed by atoms with E-state index in [0.717, 1.165) is 18.9 Å². The first-order valence-corrected chi connectivity index (χ1v) is 6.88. The van der Waals surface area contributed by atoms with E-state index < -0.39 is 17.2 Å². The van der Waals surface area contributed by atoms with Gasteiger partial charge in [0.05, 0.1) is 5.60 Å². The van der Waals surface area contributed by atoms with Crippen molar-refractivity contribution in [2.75, 3.05) is 0 Å². The van der Waals surface area contributed by atoms with Gasteiger partial charge in [0.1, 0.15) is 11.6 Å². The molecule has 0 radical (unpaired) electrons. The standard InChI is InChI=1S/C16H22F2O/c1-11-9-15(2,3)6-7-16(11,19)10-12-4-5-13(17)8-14(12)18/h4-5,8,11,19H,6-7,9-10H2,1-3H3. The van der Waals surface area contributed by atoms with Crippen molar-refractivity contribution in [1.82, 2.24) is 0 Å². The van der Waals surface area contributed by atoms with E-state index in [1.54, 1.807) is 0 Å². The highest BCUT2D eigenvalue weighted by Gasteiger charge is 2.42. The number of rotatable bonds is 2. The molecular weight excluding hydrogens is 246 g/mol. The third kappa shape index (κ3) is 3.14. The SMILES string of the molecule is CC1CC(C)(C)CCC1(O)Cc1ccc(F)cc1F. The van der Waals surface area contributed by atoms with Gasteiger partial charge in [-0.3, -0.25) is 0 Å². The lowest BCUT2D eigenvalue weighted by Crippen LogP contribution is -2.45. The maximum Gasteiger partial charge on any atom is 0.129 e. The molecule has 1 nitrogen and oxygen atoms in total. The Kier molecular flexibility index (Phi) is 3.69. The molecule has 19 heavy (non-hydrogen) atoms. The molecule has 106 valence electrons. The molecule has 1 N–H and O–H groups in total. The van der Waals surface area contributed by atoms with Crippen molar-refractivity contribution in [3.63, 3.8) is 0 Å². The Labute approximate surface area is 113 Å². The zero-order valence-corrected chi connectivity index (χ0v) is 11.8. The minimum Gasteiger partial charge on any atom is -0.389 e. The third-order valence-electron chi connectivity index (χ3n) is 4.52. The summed E-state index contributed by atoms with van der Waals surface area (Å²) in [5, 5.41) is 10.8. The summed E-state index contributed by atoms with van der Waals surface area (Å²) in [5.41, 5.74) is -0.253. The van der Waals surface area contributed by atoms with Crippen molar-refractivity contribution in [1.29, 1.82) is 0 Å². The fourth-order valence-electron chi connectivity index (χ4n) is 3.18. The van der Waals surface area contributed by atoms with E-state index in [4.69, 9.17) is 0 Å². The lowest BCUT2D eigenvalue weighted by Gasteiger charge is -2.45. The molecule has 0 saturated heterocycles. The molecule has 2 atom stereocenters. The van der Waals surface area contributed by atoms with Crippen LogP contribution in [0, 0.1) is 23.0 Å². The van der Waals surface area contributed by atoms with Gasteiger partial charge in [-0.25, -0.2) is 8.78 Å². The summed E-state index contributed by atoms with van der Waals surface area (Å²) in [4.78, 5) is 0. The summed E-state index contributed by atoms with van der Waals surface area (Å²) >= 11 is 0. The molecule has 1 aliphatic rings. The smallest absolute Gasteiger partial charge is 0.129 e. The van der Waals surface area contributed by atoms with Crippen LogP contribution in [0.2, 0.25) is 0 Å². The molecule has 0 bridgehead atoms. The molecule has 0 amide bonds. The number of hydrogen-bond donors (Lipinski definition) is 1. The minimum absolute atomic E-state index is 0.112. The van der Waals surface area contributed by atoms with E-state index in [1.807, 2.05) is 6.92 Å². The second-order valence-corrected chi connectivity index (χ2v) is 6.79. The first kappa shape index (κ1) is 14.4. The predicted octanol–water partition coefficient (Wildman–Crippen LogP) is 4.08. The average Bonchev–Trinajstić information content (AvgIpc) is 2.28. The molecule has 1 aliphatic carbocycles. The van der Waals surface area contributed by atoms with Gasteiger partial charge < -0.3 is 5.11 Å². The molecule has 0 spiro atoms. The van der Waals surface area contributed by atoms with E-state index in [2.05, 4.69) is 13.8 Å². The maximum absolute atomic E-state index is 13.7. The van der Waals surface area contributed by atoms with Gasteiger partial charge in [-0.2, -0.15) is 0 Å². The topological polar surface area (TPSA) is 20.2 Å². The van der Waals surface area contributed by atoms with E-state index >= 15 is 0 Å². The number of benzene rings is 1. The quantitative estimate of drug-likeness (QED) is 0.856. The van der Waals surface area contributed by atoms with Crippen molar-refractivity contribution >= 4 is 0 Å². The molecule has 1 saturated carbocycles. The van der Waals surface area contributed by atoms with Crippen molar-refractivity contribution in [3.05, 3.63) is 35.4 Å². The van der Waals surface area contributed by atoms with Gasteiger partial charge in [0.15, 0.2) is 0 Å². The summed E-state index contributed by atoms with van der Waals surface area (Å²) in [6.07, 6.45) is 2.78. The zero-order valence-electron chi connectivity index (χ0n) is 11.8. The van der Waals surface area contributed by atoms with Gasteiger partial charge in [-0.05, 0) is 42.2 Å². The Bertz CT molecular complexity index is 470. The van der Waals surface area contributed by atoms with Crippen molar-refractivity contribution in [2.24, 2.45) is 11.3 Å². The second-order valence-electron chi connectivity index (χ2n) is 6.79. The monoisotopic (exact) mass is 268 g/mol. The fourth-order valence-corrected chi connectivity index (χ4v) is 3.18. The van der Waals surface area contributed by atoms with Crippen LogP contribution in [0.4, 0.5) is 8.78 Å². The van der Waals surface area contributed by atoms with Gasteiger partial charge in [-0.15, -0.1) is 0 Å². The van der Waals surface area contributed by atoms with Gasteiger partial charge in [0.2, 0.25) is 0 Å². The van der Waals surface area contributed by atoms with E-state index in [0.29, 0.717) is 12.0 Å². The summed E-state index contributed by atoms with van der Waals surface area (Å²) in [7, 11) is 0. The lowest BCUT2D eigenvalue weighted by molar-refractivity contribution is -0.0708. The zero-order chi connectivity index (χ0) is 14.3. The van der Waals surface area contributed by atoms with Crippen LogP contribution in [0.25, 0.3) is 0 Å². The van der Waals surface area contributed by atoms with Crippen LogP contribution in [0.5, 0.6) is 0 Å². The molecule has 0 heterocycles. The minimum atomic E-state index is -0.881. The van der Waals surface area contributed by atoms with Crippen LogP contribution in [-0.2, 0) is 6.42 Å². The fraction of sp³-hybridized carbons (Fsp3) is 0.625. The summed E-state index contributed by atoms with van der Waals surface area (Å²) in [6.45, 7) is 6.41. The predicted molar refractivity (Wildman–Crippen MR) is 71.8 cm³/mol. The molecule has 2 unspecified atom stereocenters. The van der Waals surface area contributed by atoms with Gasteiger partial charge >= 0.3 is 0 Å². The number of halogens is 2. The van der Waals surface area contributed by atoms with Crippen LogP contribution in [0.3, 0.4) is 0 Å². The average molecular weight is 268 g/mol. The van der Waals surface area contributed by atoms with Crippen LogP contribution in [0.1, 0.15) is 45.6 Å². The largest absolute Gasteiger partial charge is 0.389 e. The first-order valence-electron chi connectivity index (χ1n) is 6.88.